The minimum Gasteiger partial charge on any atom is -0.496 e. The van der Waals surface area contributed by atoms with Crippen molar-refractivity contribution in [2.24, 2.45) is 0 Å². The van der Waals surface area contributed by atoms with E-state index in [0.29, 0.717) is 17.9 Å². The largest absolute Gasteiger partial charge is 0.496 e. The highest BCUT2D eigenvalue weighted by Gasteiger charge is 2.32. The van der Waals surface area contributed by atoms with Gasteiger partial charge in [-0.3, -0.25) is 4.79 Å². The molecule has 1 amide bonds. The van der Waals surface area contributed by atoms with Gasteiger partial charge in [-0.25, -0.2) is 0 Å². The number of methoxy groups -OCH3 is 2. The third kappa shape index (κ3) is 3.95. The number of carbonyl (C=O) groups is 1. The third-order valence-electron chi connectivity index (χ3n) is 4.97. The van der Waals surface area contributed by atoms with Gasteiger partial charge in [-0.15, -0.1) is 0 Å². The molecule has 0 fully saturated rings. The molecule has 4 heteroatoms. The molecular formula is C21H27NO3. The van der Waals surface area contributed by atoms with E-state index in [1.807, 2.05) is 30.3 Å². The number of amides is 1. The van der Waals surface area contributed by atoms with Gasteiger partial charge < -0.3 is 14.8 Å². The third-order valence-corrected chi connectivity index (χ3v) is 4.97. The van der Waals surface area contributed by atoms with Gasteiger partial charge in [-0.2, -0.15) is 0 Å². The van der Waals surface area contributed by atoms with Crippen molar-refractivity contribution >= 4 is 5.91 Å². The maximum absolute atomic E-state index is 12.7. The van der Waals surface area contributed by atoms with Gasteiger partial charge >= 0.3 is 0 Å². The molecule has 134 valence electrons. The SMILES string of the molecule is CCC(CC)(CNC(=O)c1ccccc1OC)c1ccccc1OC. The second-order valence-electron chi connectivity index (χ2n) is 6.07. The lowest BCUT2D eigenvalue weighted by Crippen LogP contribution is -2.40. The fourth-order valence-corrected chi connectivity index (χ4v) is 3.24. The van der Waals surface area contributed by atoms with Gasteiger partial charge in [0.1, 0.15) is 11.5 Å². The van der Waals surface area contributed by atoms with Gasteiger partial charge in [0.25, 0.3) is 5.91 Å². The molecule has 0 heterocycles. The fourth-order valence-electron chi connectivity index (χ4n) is 3.24. The van der Waals surface area contributed by atoms with Crippen LogP contribution in [0.1, 0.15) is 42.6 Å². The molecule has 2 aromatic rings. The first kappa shape index (κ1) is 18.8. The van der Waals surface area contributed by atoms with E-state index in [0.717, 1.165) is 24.2 Å². The van der Waals surface area contributed by atoms with E-state index in [9.17, 15) is 4.79 Å². The summed E-state index contributed by atoms with van der Waals surface area (Å²) in [5.74, 6) is 1.31. The van der Waals surface area contributed by atoms with E-state index < -0.39 is 0 Å². The number of carbonyl (C=O) groups excluding carboxylic acids is 1. The molecule has 0 saturated heterocycles. The molecule has 0 unspecified atom stereocenters. The predicted molar refractivity (Wildman–Crippen MR) is 101 cm³/mol. The summed E-state index contributed by atoms with van der Waals surface area (Å²) in [7, 11) is 3.26. The maximum Gasteiger partial charge on any atom is 0.255 e. The summed E-state index contributed by atoms with van der Waals surface area (Å²) in [6.07, 6.45) is 1.80. The Morgan fingerprint density at radius 2 is 1.48 bits per heavy atom. The first-order valence-corrected chi connectivity index (χ1v) is 8.66. The normalized spacial score (nSPS) is 11.0. The van der Waals surface area contributed by atoms with Gasteiger partial charge in [-0.1, -0.05) is 44.2 Å². The number of ether oxygens (including phenoxy) is 2. The Morgan fingerprint density at radius 1 is 0.920 bits per heavy atom. The van der Waals surface area contributed by atoms with Crippen molar-refractivity contribution in [3.63, 3.8) is 0 Å². The molecule has 0 saturated carbocycles. The molecule has 25 heavy (non-hydrogen) atoms. The number of hydrogen-bond acceptors (Lipinski definition) is 3. The van der Waals surface area contributed by atoms with Gasteiger partial charge in [0, 0.05) is 17.5 Å². The monoisotopic (exact) mass is 341 g/mol. The Labute approximate surface area is 150 Å². The number of benzene rings is 2. The lowest BCUT2D eigenvalue weighted by atomic mass is 9.75. The molecule has 0 aromatic heterocycles. The van der Waals surface area contributed by atoms with Gasteiger partial charge in [0.2, 0.25) is 0 Å². The van der Waals surface area contributed by atoms with Gasteiger partial charge in [-0.05, 0) is 31.0 Å². The zero-order chi connectivity index (χ0) is 18.3. The molecule has 0 spiro atoms. The summed E-state index contributed by atoms with van der Waals surface area (Å²) >= 11 is 0. The minimum atomic E-state index is -0.176. The summed E-state index contributed by atoms with van der Waals surface area (Å²) < 4.78 is 10.8. The summed E-state index contributed by atoms with van der Waals surface area (Å²) in [6, 6.07) is 15.3. The number of rotatable bonds is 8. The molecular weight excluding hydrogens is 314 g/mol. The van der Waals surface area contributed by atoms with Crippen LogP contribution in [0.5, 0.6) is 11.5 Å². The summed E-state index contributed by atoms with van der Waals surface area (Å²) in [6.45, 7) is 4.83. The van der Waals surface area contributed by atoms with Crippen molar-refractivity contribution in [2.75, 3.05) is 20.8 Å². The Kier molecular flexibility index (Phi) is 6.45. The first-order chi connectivity index (χ1) is 12.1. The Balaban J connectivity index is 2.26. The Hall–Kier alpha value is -2.49. The zero-order valence-electron chi connectivity index (χ0n) is 15.5. The van der Waals surface area contributed by atoms with E-state index in [2.05, 4.69) is 25.2 Å². The second kappa shape index (κ2) is 8.56. The molecule has 0 aliphatic heterocycles. The highest BCUT2D eigenvalue weighted by molar-refractivity contribution is 5.96. The lowest BCUT2D eigenvalue weighted by Gasteiger charge is -2.33. The van der Waals surface area contributed by atoms with Crippen LogP contribution >= 0.6 is 0 Å². The van der Waals surface area contributed by atoms with Crippen LogP contribution in [0.2, 0.25) is 0 Å². The summed E-state index contributed by atoms with van der Waals surface area (Å²) in [5, 5.41) is 3.09. The van der Waals surface area contributed by atoms with Crippen LogP contribution in [0.3, 0.4) is 0 Å². The molecule has 4 nitrogen and oxygen atoms in total. The average Bonchev–Trinajstić information content (AvgIpc) is 2.69. The van der Waals surface area contributed by atoms with Crippen molar-refractivity contribution in [3.05, 3.63) is 59.7 Å². The van der Waals surface area contributed by atoms with Crippen molar-refractivity contribution in [2.45, 2.75) is 32.1 Å². The van der Waals surface area contributed by atoms with Crippen LogP contribution < -0.4 is 14.8 Å². The van der Waals surface area contributed by atoms with Crippen molar-refractivity contribution in [1.29, 1.82) is 0 Å². The quantitative estimate of drug-likeness (QED) is 0.783. The minimum absolute atomic E-state index is 0.126. The highest BCUT2D eigenvalue weighted by atomic mass is 16.5. The average molecular weight is 341 g/mol. The molecule has 0 atom stereocenters. The predicted octanol–water partition coefficient (Wildman–Crippen LogP) is 4.19. The molecule has 0 aliphatic carbocycles. The standard InChI is InChI=1S/C21H27NO3/c1-5-21(6-2,17-12-8-10-14-19(17)25-4)15-22-20(23)16-11-7-9-13-18(16)24-3/h7-14H,5-6,15H2,1-4H3,(H,22,23). The molecule has 1 N–H and O–H groups in total. The summed E-state index contributed by atoms with van der Waals surface area (Å²) in [4.78, 5) is 12.7. The number of nitrogens with one attached hydrogen (secondary N) is 1. The van der Waals surface area contributed by atoms with Crippen LogP contribution in [0.4, 0.5) is 0 Å². The highest BCUT2D eigenvalue weighted by Crippen LogP contribution is 2.37. The van der Waals surface area contributed by atoms with Crippen molar-refractivity contribution in [3.8, 4) is 11.5 Å². The zero-order valence-corrected chi connectivity index (χ0v) is 15.5. The Morgan fingerprint density at radius 3 is 2.08 bits per heavy atom. The van der Waals surface area contributed by atoms with Crippen LogP contribution in [0.15, 0.2) is 48.5 Å². The fraction of sp³-hybridized carbons (Fsp3) is 0.381. The van der Waals surface area contributed by atoms with Crippen LogP contribution in [0.25, 0.3) is 0 Å². The van der Waals surface area contributed by atoms with Crippen LogP contribution in [-0.2, 0) is 5.41 Å². The van der Waals surface area contributed by atoms with Crippen molar-refractivity contribution < 1.29 is 14.3 Å². The van der Waals surface area contributed by atoms with E-state index in [4.69, 9.17) is 9.47 Å². The smallest absolute Gasteiger partial charge is 0.255 e. The van der Waals surface area contributed by atoms with E-state index in [1.54, 1.807) is 26.4 Å². The molecule has 2 rings (SSSR count). The second-order valence-corrected chi connectivity index (χ2v) is 6.07. The van der Waals surface area contributed by atoms with Crippen LogP contribution in [-0.4, -0.2) is 26.7 Å². The number of hydrogen-bond donors (Lipinski definition) is 1. The molecule has 0 aliphatic rings. The summed E-state index contributed by atoms with van der Waals surface area (Å²) in [5.41, 5.74) is 1.50. The topological polar surface area (TPSA) is 47.6 Å². The van der Waals surface area contributed by atoms with E-state index >= 15 is 0 Å². The Bertz CT molecular complexity index is 708. The number of para-hydroxylation sites is 2. The van der Waals surface area contributed by atoms with Crippen molar-refractivity contribution in [1.82, 2.24) is 5.32 Å². The van der Waals surface area contributed by atoms with Gasteiger partial charge in [0.05, 0.1) is 19.8 Å². The van der Waals surface area contributed by atoms with E-state index in [1.165, 1.54) is 0 Å². The van der Waals surface area contributed by atoms with E-state index in [-0.39, 0.29) is 11.3 Å². The molecule has 0 bridgehead atoms. The van der Waals surface area contributed by atoms with Crippen LogP contribution in [0, 0.1) is 0 Å². The lowest BCUT2D eigenvalue weighted by molar-refractivity contribution is 0.0938. The molecule has 0 radical (unpaired) electrons. The molecule has 2 aromatic carbocycles. The maximum atomic E-state index is 12.7. The van der Waals surface area contributed by atoms with Gasteiger partial charge in [0.15, 0.2) is 0 Å². The first-order valence-electron chi connectivity index (χ1n) is 8.66.